The van der Waals surface area contributed by atoms with Crippen LogP contribution in [0.15, 0.2) is 54.7 Å². The fraction of sp³-hybridized carbons (Fsp3) is 0.111. The molecule has 0 saturated carbocycles. The van der Waals surface area contributed by atoms with Crippen LogP contribution in [0.4, 0.5) is 5.69 Å². The van der Waals surface area contributed by atoms with Gasteiger partial charge >= 0.3 is 0 Å². The Morgan fingerprint density at radius 3 is 2.40 bits per heavy atom. The van der Waals surface area contributed by atoms with E-state index in [9.17, 15) is 9.59 Å². The number of nitrogens with zero attached hydrogens (tertiary/aromatic N) is 3. The molecule has 0 saturated heterocycles. The van der Waals surface area contributed by atoms with E-state index in [1.165, 1.54) is 6.20 Å². The molecule has 0 aliphatic rings. The second-order valence-corrected chi connectivity index (χ2v) is 5.60. The number of carbonyl (C=O) groups excluding carboxylic acids is 2. The molecule has 3 rings (SSSR count). The lowest BCUT2D eigenvalue weighted by atomic mass is 10.2. The van der Waals surface area contributed by atoms with Crippen molar-refractivity contribution >= 4 is 28.5 Å². The largest absolute Gasteiger partial charge is 0.378 e. The van der Waals surface area contributed by atoms with Crippen molar-refractivity contribution in [2.75, 3.05) is 19.0 Å². The van der Waals surface area contributed by atoms with E-state index in [0.29, 0.717) is 16.6 Å². The van der Waals surface area contributed by atoms with E-state index in [1.54, 1.807) is 24.3 Å². The number of anilines is 1. The highest BCUT2D eigenvalue weighted by atomic mass is 16.2. The summed E-state index contributed by atoms with van der Waals surface area (Å²) in [4.78, 5) is 34.6. The second kappa shape index (κ2) is 6.96. The number of nitrogens with one attached hydrogen (secondary N) is 2. The lowest BCUT2D eigenvalue weighted by Gasteiger charge is -2.13. The molecule has 0 radical (unpaired) electrons. The third-order valence-electron chi connectivity index (χ3n) is 3.60. The van der Waals surface area contributed by atoms with Gasteiger partial charge in [0, 0.05) is 25.3 Å². The highest BCUT2D eigenvalue weighted by molar-refractivity contribution is 5.99. The number of fused-ring (bicyclic) bond motifs is 1. The third kappa shape index (κ3) is 3.72. The van der Waals surface area contributed by atoms with Crippen molar-refractivity contribution in [1.29, 1.82) is 0 Å². The molecule has 0 fully saturated rings. The first-order valence-electron chi connectivity index (χ1n) is 7.64. The van der Waals surface area contributed by atoms with E-state index >= 15 is 0 Å². The van der Waals surface area contributed by atoms with Gasteiger partial charge in [-0.25, -0.2) is 4.98 Å². The lowest BCUT2D eigenvalue weighted by Crippen LogP contribution is -2.42. The standard InChI is InChI=1S/C18H17N5O2/c1-23(2)13-7-5-6-12(10-13)17(24)21-22-18(25)16-11-19-14-8-3-4-9-15(14)20-16/h3-11H,1-2H3,(H,21,24)(H,22,25). The van der Waals surface area contributed by atoms with Gasteiger partial charge in [0.2, 0.25) is 0 Å². The quantitative estimate of drug-likeness (QED) is 0.712. The summed E-state index contributed by atoms with van der Waals surface area (Å²) in [6, 6.07) is 14.3. The van der Waals surface area contributed by atoms with Gasteiger partial charge in [0.25, 0.3) is 11.8 Å². The Morgan fingerprint density at radius 2 is 1.64 bits per heavy atom. The van der Waals surface area contributed by atoms with E-state index in [1.807, 2.05) is 43.3 Å². The molecule has 0 aliphatic carbocycles. The summed E-state index contributed by atoms with van der Waals surface area (Å²) < 4.78 is 0. The van der Waals surface area contributed by atoms with Crippen LogP contribution in [0.2, 0.25) is 0 Å². The molecule has 25 heavy (non-hydrogen) atoms. The number of hydrogen-bond acceptors (Lipinski definition) is 5. The molecule has 0 atom stereocenters. The van der Waals surface area contributed by atoms with Gasteiger partial charge in [0.1, 0.15) is 5.69 Å². The number of carbonyl (C=O) groups is 2. The topological polar surface area (TPSA) is 87.2 Å². The zero-order valence-electron chi connectivity index (χ0n) is 13.9. The maximum Gasteiger partial charge on any atom is 0.289 e. The number of aromatic nitrogens is 2. The van der Waals surface area contributed by atoms with Gasteiger partial charge in [-0.1, -0.05) is 18.2 Å². The van der Waals surface area contributed by atoms with Crippen molar-refractivity contribution in [3.63, 3.8) is 0 Å². The molecule has 7 nitrogen and oxygen atoms in total. The lowest BCUT2D eigenvalue weighted by molar-refractivity contribution is 0.0844. The van der Waals surface area contributed by atoms with Crippen molar-refractivity contribution < 1.29 is 9.59 Å². The molecular formula is C18H17N5O2. The SMILES string of the molecule is CN(C)c1cccc(C(=O)NNC(=O)c2cnc3ccccc3n2)c1. The van der Waals surface area contributed by atoms with Crippen LogP contribution >= 0.6 is 0 Å². The summed E-state index contributed by atoms with van der Waals surface area (Å²) in [5.41, 5.74) is 7.51. The summed E-state index contributed by atoms with van der Waals surface area (Å²) in [6.07, 6.45) is 1.37. The minimum Gasteiger partial charge on any atom is -0.378 e. The highest BCUT2D eigenvalue weighted by Crippen LogP contribution is 2.13. The van der Waals surface area contributed by atoms with E-state index in [0.717, 1.165) is 5.69 Å². The number of benzene rings is 2. The normalized spacial score (nSPS) is 10.3. The molecular weight excluding hydrogens is 318 g/mol. The van der Waals surface area contributed by atoms with Crippen LogP contribution < -0.4 is 15.8 Å². The summed E-state index contributed by atoms with van der Waals surface area (Å²) >= 11 is 0. The first kappa shape index (κ1) is 16.4. The number of hydrogen-bond donors (Lipinski definition) is 2. The highest BCUT2D eigenvalue weighted by Gasteiger charge is 2.12. The van der Waals surface area contributed by atoms with Crippen LogP contribution in [0.25, 0.3) is 11.0 Å². The van der Waals surface area contributed by atoms with Gasteiger partial charge in [-0.15, -0.1) is 0 Å². The maximum absolute atomic E-state index is 12.2. The Morgan fingerprint density at radius 1 is 0.920 bits per heavy atom. The van der Waals surface area contributed by atoms with Gasteiger partial charge in [-0.05, 0) is 30.3 Å². The van der Waals surface area contributed by atoms with Crippen LogP contribution in [-0.4, -0.2) is 35.9 Å². The van der Waals surface area contributed by atoms with Crippen LogP contribution in [0, 0.1) is 0 Å². The molecule has 7 heteroatoms. The van der Waals surface area contributed by atoms with E-state index in [4.69, 9.17) is 0 Å². The summed E-state index contributed by atoms with van der Waals surface area (Å²) in [5, 5.41) is 0. The van der Waals surface area contributed by atoms with Gasteiger partial charge in [-0.2, -0.15) is 0 Å². The Balaban J connectivity index is 1.68. The molecule has 0 unspecified atom stereocenters. The Hall–Kier alpha value is -3.48. The summed E-state index contributed by atoms with van der Waals surface area (Å²) in [6.45, 7) is 0. The van der Waals surface area contributed by atoms with E-state index in [-0.39, 0.29) is 5.69 Å². The van der Waals surface area contributed by atoms with Gasteiger partial charge in [0.15, 0.2) is 0 Å². The fourth-order valence-electron chi connectivity index (χ4n) is 2.24. The predicted octanol–water partition coefficient (Wildman–Crippen LogP) is 1.77. The Labute approximate surface area is 144 Å². The molecule has 0 aliphatic heterocycles. The van der Waals surface area contributed by atoms with Crippen LogP contribution in [0.1, 0.15) is 20.8 Å². The van der Waals surface area contributed by atoms with Crippen molar-refractivity contribution in [3.05, 3.63) is 66.0 Å². The predicted molar refractivity (Wildman–Crippen MR) is 95.2 cm³/mol. The monoisotopic (exact) mass is 335 g/mol. The molecule has 2 aromatic carbocycles. The first-order chi connectivity index (χ1) is 12.0. The minimum absolute atomic E-state index is 0.126. The number of hydrazine groups is 1. The van der Waals surface area contributed by atoms with Gasteiger partial charge < -0.3 is 4.90 Å². The van der Waals surface area contributed by atoms with Gasteiger partial charge in [0.05, 0.1) is 17.2 Å². The third-order valence-corrected chi connectivity index (χ3v) is 3.60. The minimum atomic E-state index is -0.532. The maximum atomic E-state index is 12.2. The van der Waals surface area contributed by atoms with Crippen LogP contribution in [0.3, 0.4) is 0 Å². The second-order valence-electron chi connectivity index (χ2n) is 5.60. The number of rotatable bonds is 3. The van der Waals surface area contributed by atoms with Crippen LogP contribution in [0.5, 0.6) is 0 Å². The zero-order valence-corrected chi connectivity index (χ0v) is 13.9. The molecule has 126 valence electrons. The Bertz CT molecular complexity index is 939. The average molecular weight is 335 g/mol. The molecule has 0 spiro atoms. The summed E-state index contributed by atoms with van der Waals surface area (Å²) in [7, 11) is 3.77. The zero-order chi connectivity index (χ0) is 17.8. The number of amides is 2. The molecule has 3 aromatic rings. The van der Waals surface area contributed by atoms with E-state index in [2.05, 4.69) is 20.8 Å². The molecule has 1 heterocycles. The molecule has 2 amide bonds. The van der Waals surface area contributed by atoms with Crippen molar-refractivity contribution in [1.82, 2.24) is 20.8 Å². The fourth-order valence-corrected chi connectivity index (χ4v) is 2.24. The average Bonchev–Trinajstić information content (AvgIpc) is 2.65. The smallest absolute Gasteiger partial charge is 0.289 e. The van der Waals surface area contributed by atoms with Crippen molar-refractivity contribution in [3.8, 4) is 0 Å². The van der Waals surface area contributed by atoms with Gasteiger partial charge in [-0.3, -0.25) is 25.4 Å². The molecule has 1 aromatic heterocycles. The first-order valence-corrected chi connectivity index (χ1v) is 7.64. The van der Waals surface area contributed by atoms with Crippen LogP contribution in [-0.2, 0) is 0 Å². The van der Waals surface area contributed by atoms with Crippen molar-refractivity contribution in [2.45, 2.75) is 0 Å². The van der Waals surface area contributed by atoms with Crippen molar-refractivity contribution in [2.24, 2.45) is 0 Å². The molecule has 0 bridgehead atoms. The summed E-state index contributed by atoms with van der Waals surface area (Å²) in [5.74, 6) is -0.943. The number of para-hydroxylation sites is 2. The molecule has 2 N–H and O–H groups in total. The Kier molecular flexibility index (Phi) is 4.56. The van der Waals surface area contributed by atoms with E-state index < -0.39 is 11.8 Å².